The van der Waals surface area contributed by atoms with Crippen LogP contribution in [-0.2, 0) is 9.59 Å². The first kappa shape index (κ1) is 20.2. The van der Waals surface area contributed by atoms with Crippen LogP contribution in [0.3, 0.4) is 0 Å². The Labute approximate surface area is 184 Å². The third kappa shape index (κ3) is 3.59. The summed E-state index contributed by atoms with van der Waals surface area (Å²) in [5.41, 5.74) is 1.97. The molecule has 0 atom stereocenters. The highest BCUT2D eigenvalue weighted by atomic mass is 32.2. The summed E-state index contributed by atoms with van der Waals surface area (Å²) in [6, 6.07) is 17.1. The summed E-state index contributed by atoms with van der Waals surface area (Å²) in [4.78, 5) is 30.6. The summed E-state index contributed by atoms with van der Waals surface area (Å²) in [6.07, 6.45) is 3.52. The molecule has 2 aromatic carbocycles. The monoisotopic (exact) mass is 437 g/mol. The molecule has 0 unspecified atom stereocenters. The summed E-state index contributed by atoms with van der Waals surface area (Å²) in [7, 11) is 0. The Kier molecular flexibility index (Phi) is 5.61. The maximum Gasteiger partial charge on any atom is 0.323 e. The van der Waals surface area contributed by atoms with Crippen LogP contribution >= 0.6 is 24.0 Å². The first-order valence-corrected chi connectivity index (χ1v) is 10.6. The van der Waals surface area contributed by atoms with E-state index in [0.29, 0.717) is 5.69 Å². The molecule has 2 heterocycles. The molecule has 0 bridgehead atoms. The number of carbonyl (C=O) groups excluding carboxylic acids is 1. The molecule has 0 radical (unpaired) electrons. The lowest BCUT2D eigenvalue weighted by Gasteiger charge is -2.18. The number of carbonyl (C=O) groups is 2. The molecule has 2 aromatic rings. The van der Waals surface area contributed by atoms with Crippen LogP contribution in [0.15, 0.2) is 82.4 Å². The van der Waals surface area contributed by atoms with E-state index in [1.165, 1.54) is 9.80 Å². The Bertz CT molecular complexity index is 1080. The topological polar surface area (TPSA) is 64.1 Å². The number of rotatable bonds is 5. The maximum absolute atomic E-state index is 13.2. The van der Waals surface area contributed by atoms with E-state index in [2.05, 4.69) is 24.0 Å². The number of benzene rings is 2. The van der Waals surface area contributed by atoms with E-state index in [9.17, 15) is 14.7 Å². The van der Waals surface area contributed by atoms with Crippen molar-refractivity contribution < 1.29 is 14.7 Å². The van der Waals surface area contributed by atoms with E-state index >= 15 is 0 Å². The summed E-state index contributed by atoms with van der Waals surface area (Å²) in [5.74, 6) is -1.40. The van der Waals surface area contributed by atoms with Crippen LogP contribution in [0.4, 0.5) is 11.4 Å². The van der Waals surface area contributed by atoms with Crippen molar-refractivity contribution >= 4 is 52.3 Å². The Hall–Kier alpha value is -3.10. The van der Waals surface area contributed by atoms with Gasteiger partial charge < -0.3 is 14.9 Å². The van der Waals surface area contributed by atoms with Crippen LogP contribution in [-0.4, -0.2) is 40.1 Å². The van der Waals surface area contributed by atoms with Gasteiger partial charge in [0.05, 0.1) is 16.4 Å². The fraction of sp³-hybridized carbons (Fsp3) is 0.136. The van der Waals surface area contributed by atoms with Crippen LogP contribution in [0.2, 0.25) is 0 Å². The fourth-order valence-electron chi connectivity index (χ4n) is 3.45. The lowest BCUT2D eigenvalue weighted by Crippen LogP contribution is -2.35. The van der Waals surface area contributed by atoms with E-state index in [-0.39, 0.29) is 23.3 Å². The molecule has 1 saturated heterocycles. The normalized spacial score (nSPS) is 18.6. The second-order valence-electron chi connectivity index (χ2n) is 6.61. The van der Waals surface area contributed by atoms with E-state index in [1.54, 1.807) is 30.0 Å². The Balaban J connectivity index is 1.71. The number of aliphatic carboxylic acids is 1. The number of carboxylic acid groups (broad SMARTS) is 1. The van der Waals surface area contributed by atoms with Crippen molar-refractivity contribution in [3.63, 3.8) is 0 Å². The molecule has 1 amide bonds. The number of hydrogen-bond donors (Lipinski definition) is 1. The molecule has 6 nitrogen and oxygen atoms in total. The Morgan fingerprint density at radius 2 is 1.77 bits per heavy atom. The van der Waals surface area contributed by atoms with Gasteiger partial charge in [0, 0.05) is 11.4 Å². The minimum Gasteiger partial charge on any atom is -0.480 e. The van der Waals surface area contributed by atoms with Gasteiger partial charge in [-0.25, -0.2) is 0 Å². The third-order valence-corrected chi connectivity index (χ3v) is 6.31. The number of thiocarbonyl (C=S) groups is 1. The number of amides is 1. The molecule has 2 aliphatic rings. The summed E-state index contributed by atoms with van der Waals surface area (Å²) in [5, 5.41) is 10.5. The molecule has 0 saturated carbocycles. The van der Waals surface area contributed by atoms with Crippen molar-refractivity contribution in [3.8, 4) is 0 Å². The molecule has 0 aliphatic carbocycles. The summed E-state index contributed by atoms with van der Waals surface area (Å²) < 4.78 is 0. The predicted molar refractivity (Wildman–Crippen MR) is 122 cm³/mol. The Morgan fingerprint density at radius 3 is 2.47 bits per heavy atom. The van der Waals surface area contributed by atoms with Gasteiger partial charge in [-0.15, -0.1) is 0 Å². The molecule has 4 rings (SSSR count). The number of hydrogen-bond acceptors (Lipinski definition) is 5. The van der Waals surface area contributed by atoms with E-state index < -0.39 is 5.97 Å². The lowest BCUT2D eigenvalue weighted by molar-refractivity contribution is -0.137. The molecule has 152 valence electrons. The Morgan fingerprint density at radius 1 is 1.07 bits per heavy atom. The molecular weight excluding hydrogens is 418 g/mol. The molecule has 1 N–H and O–H groups in total. The number of thioether (sulfide) groups is 1. The largest absolute Gasteiger partial charge is 0.480 e. The first-order valence-electron chi connectivity index (χ1n) is 9.40. The number of nitrogens with zero attached hydrogens (tertiary/aromatic N) is 3. The van der Waals surface area contributed by atoms with E-state index in [1.807, 2.05) is 36.4 Å². The van der Waals surface area contributed by atoms with Crippen molar-refractivity contribution in [1.82, 2.24) is 4.90 Å². The van der Waals surface area contributed by atoms with Crippen LogP contribution in [0.25, 0.3) is 0 Å². The number of anilines is 2. The van der Waals surface area contributed by atoms with Crippen molar-refractivity contribution in [2.45, 2.75) is 11.8 Å². The molecule has 2 aliphatic heterocycles. The highest BCUT2D eigenvalue weighted by molar-refractivity contribution is 8.03. The summed E-state index contributed by atoms with van der Waals surface area (Å²) >= 11 is 7.08. The van der Waals surface area contributed by atoms with Gasteiger partial charge in [0.2, 0.25) is 0 Å². The van der Waals surface area contributed by atoms with Crippen molar-refractivity contribution in [1.29, 1.82) is 0 Å². The van der Waals surface area contributed by atoms with Gasteiger partial charge in [0.25, 0.3) is 5.91 Å². The lowest BCUT2D eigenvalue weighted by atomic mass is 10.2. The first-order chi connectivity index (χ1) is 14.5. The summed E-state index contributed by atoms with van der Waals surface area (Å²) in [6.45, 7) is 2.46. The number of allylic oxidation sites excluding steroid dienone is 2. The second kappa shape index (κ2) is 8.33. The highest BCUT2D eigenvalue weighted by Crippen LogP contribution is 2.45. The average molecular weight is 438 g/mol. The molecular formula is C22H19N3O3S2. The smallest absolute Gasteiger partial charge is 0.323 e. The zero-order chi connectivity index (χ0) is 21.3. The minimum absolute atomic E-state index is 0.160. The fourth-order valence-corrected chi connectivity index (χ4v) is 4.93. The van der Waals surface area contributed by atoms with Gasteiger partial charge in [-0.2, -0.15) is 0 Å². The van der Waals surface area contributed by atoms with Crippen LogP contribution in [0.5, 0.6) is 0 Å². The average Bonchev–Trinajstić information content (AvgIpc) is 3.21. The minimum atomic E-state index is -1.06. The van der Waals surface area contributed by atoms with E-state index in [0.717, 1.165) is 22.2 Å². The zero-order valence-electron chi connectivity index (χ0n) is 16.2. The van der Waals surface area contributed by atoms with Crippen LogP contribution in [0, 0.1) is 0 Å². The molecule has 0 aromatic heterocycles. The van der Waals surface area contributed by atoms with Crippen molar-refractivity contribution in [3.05, 3.63) is 77.5 Å². The van der Waals surface area contributed by atoms with E-state index in [4.69, 9.17) is 12.2 Å². The van der Waals surface area contributed by atoms with Crippen molar-refractivity contribution in [2.75, 3.05) is 22.9 Å². The maximum atomic E-state index is 13.2. The number of fused-ring (bicyclic) bond motifs is 1. The van der Waals surface area contributed by atoms with Gasteiger partial charge in [0.1, 0.15) is 12.2 Å². The SMILES string of the molecule is CCN1/C(=C/C=C2\C(=O)N(c3ccccc3)C(=S)N2CC(=O)O)Sc2ccccc21. The van der Waals surface area contributed by atoms with Gasteiger partial charge in [0.15, 0.2) is 5.11 Å². The van der Waals surface area contributed by atoms with Gasteiger partial charge >= 0.3 is 5.97 Å². The standard InChI is InChI=1S/C22H19N3O3S2/c1-2-23-16-10-6-7-11-18(16)30-19(23)13-12-17-21(28)25(15-8-4-3-5-9-15)22(29)24(17)14-20(26)27/h3-13H,2,14H2,1H3,(H,26,27)/b17-12+,19-13-. The van der Waals surface area contributed by atoms with Crippen LogP contribution in [0.1, 0.15) is 6.92 Å². The molecule has 1 fully saturated rings. The highest BCUT2D eigenvalue weighted by Gasteiger charge is 2.39. The van der Waals surface area contributed by atoms with Crippen molar-refractivity contribution in [2.24, 2.45) is 0 Å². The van der Waals surface area contributed by atoms with Gasteiger partial charge in [-0.1, -0.05) is 42.1 Å². The third-order valence-electron chi connectivity index (χ3n) is 4.78. The zero-order valence-corrected chi connectivity index (χ0v) is 17.8. The molecule has 30 heavy (non-hydrogen) atoms. The quantitative estimate of drug-likeness (QED) is 0.559. The number of carboxylic acids is 1. The second-order valence-corrected chi connectivity index (χ2v) is 8.04. The molecule has 0 spiro atoms. The van der Waals surface area contributed by atoms with Gasteiger partial charge in [-0.3, -0.25) is 14.5 Å². The number of para-hydroxylation sites is 2. The van der Waals surface area contributed by atoms with Crippen LogP contribution < -0.4 is 9.80 Å². The van der Waals surface area contributed by atoms with Gasteiger partial charge in [-0.05, 0) is 55.6 Å². The predicted octanol–water partition coefficient (Wildman–Crippen LogP) is 4.06. The molecule has 8 heteroatoms.